The molecule has 0 aliphatic rings. The van der Waals surface area contributed by atoms with Gasteiger partial charge < -0.3 is 14.8 Å². The van der Waals surface area contributed by atoms with Gasteiger partial charge in [0.25, 0.3) is 0 Å². The Morgan fingerprint density at radius 3 is 2.65 bits per heavy atom. The number of phenols is 1. The molecule has 5 nitrogen and oxygen atoms in total. The second-order valence-electron chi connectivity index (χ2n) is 4.51. The molecule has 0 aliphatic heterocycles. The van der Waals surface area contributed by atoms with Crippen LogP contribution in [0.1, 0.15) is 6.92 Å². The van der Waals surface area contributed by atoms with Crippen molar-refractivity contribution in [2.75, 3.05) is 5.32 Å². The van der Waals surface area contributed by atoms with Gasteiger partial charge in [-0.1, -0.05) is 12.1 Å². The Morgan fingerprint density at radius 1 is 1.15 bits per heavy atom. The van der Waals surface area contributed by atoms with Gasteiger partial charge in [0.15, 0.2) is 0 Å². The van der Waals surface area contributed by atoms with E-state index in [0.717, 1.165) is 10.8 Å². The van der Waals surface area contributed by atoms with Crippen molar-refractivity contribution in [2.24, 2.45) is 0 Å². The fourth-order valence-corrected chi connectivity index (χ4v) is 2.18. The molecule has 20 heavy (non-hydrogen) atoms. The number of phenolic OH excluding ortho intramolecular Hbond substituents is 1. The van der Waals surface area contributed by atoms with Gasteiger partial charge >= 0.3 is 5.63 Å². The van der Waals surface area contributed by atoms with Crippen molar-refractivity contribution in [3.05, 3.63) is 46.8 Å². The minimum Gasteiger partial charge on any atom is -0.508 e. The monoisotopic (exact) mass is 269 g/mol. The molecule has 1 aromatic heterocycles. The number of aromatic hydroxyl groups is 1. The summed E-state index contributed by atoms with van der Waals surface area (Å²) < 4.78 is 5.19. The molecule has 0 bridgehead atoms. The molecular formula is C15H11NO4. The van der Waals surface area contributed by atoms with Crippen LogP contribution >= 0.6 is 0 Å². The van der Waals surface area contributed by atoms with Crippen molar-refractivity contribution in [2.45, 2.75) is 6.92 Å². The van der Waals surface area contributed by atoms with Crippen molar-refractivity contribution < 1.29 is 14.3 Å². The first-order chi connectivity index (χ1) is 9.54. The average molecular weight is 269 g/mol. The van der Waals surface area contributed by atoms with Gasteiger partial charge in [-0.05, 0) is 35.0 Å². The smallest absolute Gasteiger partial charge is 0.360 e. The van der Waals surface area contributed by atoms with Gasteiger partial charge in [-0.2, -0.15) is 0 Å². The number of nitrogens with one attached hydrogen (secondary N) is 1. The van der Waals surface area contributed by atoms with Crippen LogP contribution in [0.5, 0.6) is 5.75 Å². The van der Waals surface area contributed by atoms with Crippen LogP contribution < -0.4 is 10.9 Å². The number of fused-ring (bicyclic) bond motifs is 3. The first-order valence-corrected chi connectivity index (χ1v) is 6.02. The molecule has 1 amide bonds. The first kappa shape index (κ1) is 12.2. The highest BCUT2D eigenvalue weighted by Gasteiger charge is 2.09. The third kappa shape index (κ3) is 1.99. The van der Waals surface area contributed by atoms with Crippen LogP contribution in [0.15, 0.2) is 45.6 Å². The Hall–Kier alpha value is -2.82. The standard InChI is InChI=1S/C15H11NO4/c1-8(17)16-13-7-12-11-6-10(18)4-2-9(11)3-5-14(12)20-15(13)19/h2-7,18H,1H3,(H,16,17). The fourth-order valence-electron chi connectivity index (χ4n) is 2.18. The predicted octanol–water partition coefficient (Wildman–Crippen LogP) is 2.61. The third-order valence-corrected chi connectivity index (χ3v) is 3.03. The number of hydrogen-bond donors (Lipinski definition) is 2. The van der Waals surface area contributed by atoms with Crippen LogP contribution in [0.3, 0.4) is 0 Å². The average Bonchev–Trinajstić information content (AvgIpc) is 2.39. The zero-order valence-electron chi connectivity index (χ0n) is 10.6. The minimum absolute atomic E-state index is 0.0841. The molecular weight excluding hydrogens is 258 g/mol. The van der Waals surface area contributed by atoms with Gasteiger partial charge in [-0.15, -0.1) is 0 Å². The van der Waals surface area contributed by atoms with Crippen molar-refractivity contribution in [3.63, 3.8) is 0 Å². The summed E-state index contributed by atoms with van der Waals surface area (Å²) in [5, 5.41) is 14.3. The van der Waals surface area contributed by atoms with Gasteiger partial charge in [0.1, 0.15) is 17.0 Å². The minimum atomic E-state index is -0.604. The summed E-state index contributed by atoms with van der Waals surface area (Å²) in [5.74, 6) is -0.225. The number of amides is 1. The molecule has 100 valence electrons. The topological polar surface area (TPSA) is 79.5 Å². The van der Waals surface area contributed by atoms with Crippen LogP contribution in [-0.4, -0.2) is 11.0 Å². The van der Waals surface area contributed by atoms with Crippen LogP contribution in [-0.2, 0) is 4.79 Å². The van der Waals surface area contributed by atoms with E-state index in [9.17, 15) is 14.7 Å². The number of carbonyl (C=O) groups is 1. The lowest BCUT2D eigenvalue weighted by atomic mass is 10.1. The van der Waals surface area contributed by atoms with E-state index in [2.05, 4.69) is 5.32 Å². The van der Waals surface area contributed by atoms with Gasteiger partial charge in [0, 0.05) is 12.3 Å². The number of benzene rings is 2. The summed E-state index contributed by atoms with van der Waals surface area (Å²) in [6, 6.07) is 10.0. The van der Waals surface area contributed by atoms with Crippen LogP contribution in [0.2, 0.25) is 0 Å². The first-order valence-electron chi connectivity index (χ1n) is 6.02. The second-order valence-corrected chi connectivity index (χ2v) is 4.51. The maximum Gasteiger partial charge on any atom is 0.360 e. The van der Waals surface area contributed by atoms with Gasteiger partial charge in [-0.25, -0.2) is 4.79 Å². The third-order valence-electron chi connectivity index (χ3n) is 3.03. The molecule has 0 fully saturated rings. The van der Waals surface area contributed by atoms with Crippen molar-refractivity contribution in [3.8, 4) is 5.75 Å². The maximum absolute atomic E-state index is 11.7. The molecule has 0 spiro atoms. The molecule has 0 unspecified atom stereocenters. The molecule has 3 aromatic rings. The molecule has 0 atom stereocenters. The normalized spacial score (nSPS) is 10.8. The van der Waals surface area contributed by atoms with E-state index in [0.29, 0.717) is 11.0 Å². The van der Waals surface area contributed by atoms with E-state index in [1.54, 1.807) is 36.4 Å². The second kappa shape index (κ2) is 4.38. The summed E-state index contributed by atoms with van der Waals surface area (Å²) in [5.41, 5.74) is -0.116. The lowest BCUT2D eigenvalue weighted by molar-refractivity contribution is -0.114. The Labute approximate surface area is 113 Å². The fraction of sp³-hybridized carbons (Fsp3) is 0.0667. The number of hydrogen-bond acceptors (Lipinski definition) is 4. The summed E-state index contributed by atoms with van der Waals surface area (Å²) in [4.78, 5) is 22.8. The zero-order valence-corrected chi connectivity index (χ0v) is 10.6. The van der Waals surface area contributed by atoms with E-state index in [-0.39, 0.29) is 17.3 Å². The number of carbonyl (C=O) groups excluding carboxylic acids is 1. The highest BCUT2D eigenvalue weighted by Crippen LogP contribution is 2.28. The van der Waals surface area contributed by atoms with Gasteiger partial charge in [0.05, 0.1) is 0 Å². The zero-order chi connectivity index (χ0) is 14.3. The lowest BCUT2D eigenvalue weighted by Gasteiger charge is -2.06. The largest absolute Gasteiger partial charge is 0.508 e. The summed E-state index contributed by atoms with van der Waals surface area (Å²) in [6.07, 6.45) is 0. The van der Waals surface area contributed by atoms with E-state index < -0.39 is 5.63 Å². The van der Waals surface area contributed by atoms with Crippen molar-refractivity contribution in [1.82, 2.24) is 0 Å². The van der Waals surface area contributed by atoms with Gasteiger partial charge in [0.2, 0.25) is 5.91 Å². The highest BCUT2D eigenvalue weighted by molar-refractivity contribution is 6.07. The molecule has 0 saturated carbocycles. The maximum atomic E-state index is 11.7. The van der Waals surface area contributed by atoms with Crippen molar-refractivity contribution in [1.29, 1.82) is 0 Å². The SMILES string of the molecule is CC(=O)Nc1cc2c(ccc3ccc(O)cc32)oc1=O. The van der Waals surface area contributed by atoms with Crippen LogP contribution in [0.25, 0.3) is 21.7 Å². The predicted molar refractivity (Wildman–Crippen MR) is 76.0 cm³/mol. The summed E-state index contributed by atoms with van der Waals surface area (Å²) >= 11 is 0. The number of rotatable bonds is 1. The van der Waals surface area contributed by atoms with Gasteiger partial charge in [-0.3, -0.25) is 4.79 Å². The van der Waals surface area contributed by atoms with E-state index in [1.807, 2.05) is 0 Å². The van der Waals surface area contributed by atoms with E-state index in [4.69, 9.17) is 4.42 Å². The molecule has 5 heteroatoms. The quantitative estimate of drug-likeness (QED) is 0.525. The van der Waals surface area contributed by atoms with Crippen LogP contribution in [0, 0.1) is 0 Å². The molecule has 0 saturated heterocycles. The Balaban J connectivity index is 2.39. The molecule has 2 N–H and O–H groups in total. The lowest BCUT2D eigenvalue weighted by Crippen LogP contribution is -2.14. The van der Waals surface area contributed by atoms with Crippen LogP contribution in [0.4, 0.5) is 5.69 Å². The Morgan fingerprint density at radius 2 is 1.90 bits per heavy atom. The molecule has 1 heterocycles. The summed E-state index contributed by atoms with van der Waals surface area (Å²) in [7, 11) is 0. The van der Waals surface area contributed by atoms with E-state index >= 15 is 0 Å². The highest BCUT2D eigenvalue weighted by atomic mass is 16.4. The molecule has 3 rings (SSSR count). The van der Waals surface area contributed by atoms with E-state index in [1.165, 1.54) is 6.92 Å². The summed E-state index contributed by atoms with van der Waals surface area (Å²) in [6.45, 7) is 1.32. The number of anilines is 1. The molecule has 0 radical (unpaired) electrons. The Kier molecular flexibility index (Phi) is 2.68. The molecule has 2 aromatic carbocycles. The molecule has 0 aliphatic carbocycles. The Bertz CT molecular complexity index is 895. The van der Waals surface area contributed by atoms with Crippen molar-refractivity contribution >= 4 is 33.3 Å².